The van der Waals surface area contributed by atoms with Gasteiger partial charge in [-0.1, -0.05) is 30.6 Å². The zero-order valence-corrected chi connectivity index (χ0v) is 12.3. The van der Waals surface area contributed by atoms with Gasteiger partial charge in [0.25, 0.3) is 0 Å². The molecule has 0 radical (unpaired) electrons. The van der Waals surface area contributed by atoms with E-state index in [1.165, 1.54) is 16.7 Å². The summed E-state index contributed by atoms with van der Waals surface area (Å²) in [5.74, 6) is -0.944. The van der Waals surface area contributed by atoms with Crippen molar-refractivity contribution in [1.82, 2.24) is 15.0 Å². The third-order valence-electron chi connectivity index (χ3n) is 3.19. The lowest BCUT2D eigenvalue weighted by Gasteiger charge is -2.06. The van der Waals surface area contributed by atoms with Crippen molar-refractivity contribution in [3.05, 3.63) is 52.0 Å². The van der Waals surface area contributed by atoms with E-state index in [0.29, 0.717) is 12.4 Å². The maximum atomic E-state index is 12.9. The number of amides is 1. The molecule has 118 valence electrons. The molecule has 1 amide bonds. The molecule has 0 spiro atoms. The molecule has 6 nitrogen and oxygen atoms in total. The van der Waals surface area contributed by atoms with Crippen molar-refractivity contribution in [3.63, 3.8) is 0 Å². The molecule has 2 rings (SSSR count). The van der Waals surface area contributed by atoms with Gasteiger partial charge >= 0.3 is 5.76 Å². The van der Waals surface area contributed by atoms with Crippen molar-refractivity contribution < 1.29 is 13.7 Å². The van der Waals surface area contributed by atoms with E-state index < -0.39 is 5.76 Å². The van der Waals surface area contributed by atoms with Gasteiger partial charge in [-0.05, 0) is 24.1 Å². The van der Waals surface area contributed by atoms with Crippen molar-refractivity contribution >= 4 is 5.91 Å². The molecule has 0 unspecified atom stereocenters. The minimum absolute atomic E-state index is 0.136. The topological polar surface area (TPSA) is 77.1 Å². The molecule has 0 atom stereocenters. The van der Waals surface area contributed by atoms with Crippen LogP contribution in [0, 0.1) is 5.82 Å². The first kappa shape index (κ1) is 15.9. The maximum Gasteiger partial charge on any atom is 0.442 e. The fourth-order valence-electron chi connectivity index (χ4n) is 1.97. The van der Waals surface area contributed by atoms with Crippen molar-refractivity contribution in [2.75, 3.05) is 6.54 Å². The summed E-state index contributed by atoms with van der Waals surface area (Å²) < 4.78 is 18.7. The Hall–Kier alpha value is -2.44. The fourth-order valence-corrected chi connectivity index (χ4v) is 1.97. The van der Waals surface area contributed by atoms with Crippen LogP contribution in [0.4, 0.5) is 4.39 Å². The molecule has 0 fully saturated rings. The summed E-state index contributed by atoms with van der Waals surface area (Å²) in [4.78, 5) is 23.4. The van der Waals surface area contributed by atoms with Crippen molar-refractivity contribution in [3.8, 4) is 0 Å². The second-order valence-electron chi connectivity index (χ2n) is 4.96. The number of halogens is 1. The molecule has 22 heavy (non-hydrogen) atoms. The van der Waals surface area contributed by atoms with Gasteiger partial charge in [-0.3, -0.25) is 13.9 Å². The zero-order valence-electron chi connectivity index (χ0n) is 12.3. The van der Waals surface area contributed by atoms with Crippen molar-refractivity contribution in [2.24, 2.45) is 0 Å². The summed E-state index contributed by atoms with van der Waals surface area (Å²) in [5.41, 5.74) is 0.773. The van der Waals surface area contributed by atoms with Crippen LogP contribution in [0.1, 0.15) is 31.2 Å². The first-order valence-electron chi connectivity index (χ1n) is 7.16. The number of benzene rings is 1. The molecule has 0 saturated heterocycles. The van der Waals surface area contributed by atoms with Crippen LogP contribution in [0.3, 0.4) is 0 Å². The molecule has 0 aliphatic rings. The lowest BCUT2D eigenvalue weighted by molar-refractivity contribution is -0.121. The summed E-state index contributed by atoms with van der Waals surface area (Å²) in [6, 6.07) is 5.85. The Labute approximate surface area is 126 Å². The smallest absolute Gasteiger partial charge is 0.355 e. The van der Waals surface area contributed by atoms with Crippen LogP contribution < -0.4 is 11.1 Å². The van der Waals surface area contributed by atoms with Gasteiger partial charge in [-0.2, -0.15) is 0 Å². The zero-order chi connectivity index (χ0) is 15.9. The van der Waals surface area contributed by atoms with Gasteiger partial charge in [-0.15, -0.1) is 0 Å². The quantitative estimate of drug-likeness (QED) is 0.786. The van der Waals surface area contributed by atoms with Gasteiger partial charge in [0.15, 0.2) is 5.82 Å². The largest absolute Gasteiger partial charge is 0.442 e. The van der Waals surface area contributed by atoms with Gasteiger partial charge in [0, 0.05) is 13.0 Å². The van der Waals surface area contributed by atoms with E-state index in [-0.39, 0.29) is 24.7 Å². The highest BCUT2D eigenvalue weighted by molar-refractivity contribution is 5.75. The minimum atomic E-state index is -0.678. The number of nitrogens with zero attached hydrogens (tertiary/aromatic N) is 2. The number of unbranched alkanes of at least 4 members (excludes halogenated alkanes) is 1. The lowest BCUT2D eigenvalue weighted by Crippen LogP contribution is -2.32. The first-order valence-corrected chi connectivity index (χ1v) is 7.16. The van der Waals surface area contributed by atoms with Gasteiger partial charge in [-0.25, -0.2) is 9.18 Å². The molecule has 0 aliphatic carbocycles. The van der Waals surface area contributed by atoms with Crippen molar-refractivity contribution in [2.45, 2.75) is 32.7 Å². The Morgan fingerprint density at radius 1 is 1.36 bits per heavy atom. The average Bonchev–Trinajstić information content (AvgIpc) is 2.83. The molecule has 0 aliphatic heterocycles. The molecule has 1 aromatic carbocycles. The Kier molecular flexibility index (Phi) is 5.46. The third-order valence-corrected chi connectivity index (χ3v) is 3.19. The monoisotopic (exact) mass is 307 g/mol. The number of carbonyl (C=O) groups excluding carboxylic acids is 1. The summed E-state index contributed by atoms with van der Waals surface area (Å²) >= 11 is 0. The van der Waals surface area contributed by atoms with Crippen molar-refractivity contribution in [1.29, 1.82) is 0 Å². The minimum Gasteiger partial charge on any atom is -0.355 e. The average molecular weight is 307 g/mol. The first-order chi connectivity index (χ1) is 10.6. The molecule has 0 saturated carbocycles. The Balaban J connectivity index is 2.06. The van der Waals surface area contributed by atoms with E-state index in [0.717, 1.165) is 18.4 Å². The van der Waals surface area contributed by atoms with Gasteiger partial charge in [0.1, 0.15) is 12.4 Å². The summed E-state index contributed by atoms with van der Waals surface area (Å²) in [6.07, 6.45) is 2.14. The molecule has 1 heterocycles. The third kappa shape index (κ3) is 4.28. The lowest BCUT2D eigenvalue weighted by atomic mass is 10.1. The SMILES string of the molecule is CCCCNC(=O)Cn1c(Cc2ccc(F)cc2)noc1=O. The normalized spacial score (nSPS) is 10.6. The standard InChI is InChI=1S/C15H18FN3O3/c1-2-3-8-17-14(20)10-19-13(18-22-15(19)21)9-11-4-6-12(16)7-5-11/h4-7H,2-3,8-10H2,1H3,(H,17,20). The Morgan fingerprint density at radius 3 is 2.77 bits per heavy atom. The number of hydrogen-bond acceptors (Lipinski definition) is 4. The fraction of sp³-hybridized carbons (Fsp3) is 0.400. The molecular weight excluding hydrogens is 289 g/mol. The molecule has 2 aromatic rings. The Bertz CT molecular complexity index is 676. The number of rotatable bonds is 7. The molecule has 7 heteroatoms. The van der Waals surface area contributed by atoms with Crippen LogP contribution in [0.2, 0.25) is 0 Å². The molecule has 1 N–H and O–H groups in total. The van der Waals surface area contributed by atoms with E-state index in [1.54, 1.807) is 12.1 Å². The summed E-state index contributed by atoms with van der Waals surface area (Å²) in [6.45, 7) is 2.46. The second-order valence-corrected chi connectivity index (χ2v) is 4.96. The van der Waals surface area contributed by atoms with Crippen LogP contribution in [-0.4, -0.2) is 22.2 Å². The molecule has 0 bridgehead atoms. The summed E-state index contributed by atoms with van der Waals surface area (Å²) in [5, 5.41) is 6.41. The number of nitrogens with one attached hydrogen (secondary N) is 1. The van der Waals surface area contributed by atoms with E-state index >= 15 is 0 Å². The van der Waals surface area contributed by atoms with E-state index in [2.05, 4.69) is 15.0 Å². The van der Waals surface area contributed by atoms with Gasteiger partial charge < -0.3 is 5.32 Å². The maximum absolute atomic E-state index is 12.9. The van der Waals surface area contributed by atoms with Crippen LogP contribution in [-0.2, 0) is 17.8 Å². The number of hydrogen-bond donors (Lipinski definition) is 1. The molecular formula is C15H18FN3O3. The predicted molar refractivity (Wildman–Crippen MR) is 77.9 cm³/mol. The van der Waals surface area contributed by atoms with Crippen LogP contribution >= 0.6 is 0 Å². The predicted octanol–water partition coefficient (Wildman–Crippen LogP) is 1.48. The van der Waals surface area contributed by atoms with Gasteiger partial charge in [0.2, 0.25) is 5.91 Å². The number of aromatic nitrogens is 2. The molecule has 1 aromatic heterocycles. The van der Waals surface area contributed by atoms with Crippen LogP contribution in [0.25, 0.3) is 0 Å². The highest BCUT2D eigenvalue weighted by Crippen LogP contribution is 2.08. The van der Waals surface area contributed by atoms with Crippen LogP contribution in [0.5, 0.6) is 0 Å². The van der Waals surface area contributed by atoms with E-state index in [1.807, 2.05) is 6.92 Å². The number of carbonyl (C=O) groups is 1. The highest BCUT2D eigenvalue weighted by Gasteiger charge is 2.14. The van der Waals surface area contributed by atoms with E-state index in [4.69, 9.17) is 0 Å². The Morgan fingerprint density at radius 2 is 2.09 bits per heavy atom. The van der Waals surface area contributed by atoms with E-state index in [9.17, 15) is 14.0 Å². The highest BCUT2D eigenvalue weighted by atomic mass is 19.1. The van der Waals surface area contributed by atoms with Gasteiger partial charge in [0.05, 0.1) is 0 Å². The summed E-state index contributed by atoms with van der Waals surface area (Å²) in [7, 11) is 0. The second kappa shape index (κ2) is 7.53. The van der Waals surface area contributed by atoms with Crippen LogP contribution in [0.15, 0.2) is 33.6 Å².